The molecule has 1 aliphatic carbocycles. The number of halogens is 1. The van der Waals surface area contributed by atoms with Crippen LogP contribution in [0.2, 0.25) is 0 Å². The quantitative estimate of drug-likeness (QED) is 0.719. The normalized spacial score (nSPS) is 13.6. The summed E-state index contributed by atoms with van der Waals surface area (Å²) in [7, 11) is 0. The van der Waals surface area contributed by atoms with E-state index >= 15 is 0 Å². The maximum absolute atomic E-state index is 13.1. The molecule has 25 heavy (non-hydrogen) atoms. The van der Waals surface area contributed by atoms with Gasteiger partial charge in [0.25, 0.3) is 5.91 Å². The van der Waals surface area contributed by atoms with Crippen LogP contribution in [0.25, 0.3) is 5.69 Å². The average Bonchev–Trinajstić information content (AvgIpc) is 3.37. The van der Waals surface area contributed by atoms with Gasteiger partial charge in [0, 0.05) is 12.6 Å². The summed E-state index contributed by atoms with van der Waals surface area (Å²) in [5.74, 6) is -0.423. The molecule has 1 fully saturated rings. The summed E-state index contributed by atoms with van der Waals surface area (Å²) >= 11 is 0. The van der Waals surface area contributed by atoms with Crippen molar-refractivity contribution >= 4 is 5.91 Å². The van der Waals surface area contributed by atoms with Crippen LogP contribution in [-0.2, 0) is 6.54 Å². The molecule has 0 atom stereocenters. The van der Waals surface area contributed by atoms with Crippen LogP contribution in [0.15, 0.2) is 60.8 Å². The highest BCUT2D eigenvalue weighted by atomic mass is 19.1. The number of carbonyl (C=O) groups is 1. The van der Waals surface area contributed by atoms with E-state index in [0.717, 1.165) is 24.1 Å². The molecule has 0 unspecified atom stereocenters. The Bertz CT molecular complexity index is 872. The Hall–Kier alpha value is -3.02. The first-order valence-corrected chi connectivity index (χ1v) is 8.24. The number of rotatable bonds is 5. The Balaban J connectivity index is 1.55. The van der Waals surface area contributed by atoms with Crippen LogP contribution in [0.4, 0.5) is 4.39 Å². The molecule has 3 aromatic rings. The second-order valence-electron chi connectivity index (χ2n) is 6.15. The fourth-order valence-corrected chi connectivity index (χ4v) is 2.73. The molecule has 0 N–H and O–H groups in total. The predicted octanol–water partition coefficient (Wildman–Crippen LogP) is 3.21. The van der Waals surface area contributed by atoms with Gasteiger partial charge in [-0.3, -0.25) is 4.79 Å². The lowest BCUT2D eigenvalue weighted by Crippen LogP contribution is -2.33. The van der Waals surface area contributed by atoms with E-state index in [2.05, 4.69) is 10.2 Å². The molecule has 0 radical (unpaired) electrons. The Morgan fingerprint density at radius 1 is 1.12 bits per heavy atom. The number of benzene rings is 2. The molecular formula is C19H17FN4O. The van der Waals surface area contributed by atoms with Crippen LogP contribution in [0.1, 0.15) is 28.9 Å². The van der Waals surface area contributed by atoms with Crippen molar-refractivity contribution < 1.29 is 9.18 Å². The second kappa shape index (κ2) is 6.47. The SMILES string of the molecule is O=C(c1cnn(-c2ccccc2)n1)N(Cc1ccc(F)cc1)C1CC1. The summed E-state index contributed by atoms with van der Waals surface area (Å²) in [5, 5.41) is 8.52. The number of nitrogens with zero attached hydrogens (tertiary/aromatic N) is 4. The number of hydrogen-bond donors (Lipinski definition) is 0. The first-order valence-electron chi connectivity index (χ1n) is 8.24. The molecule has 5 nitrogen and oxygen atoms in total. The van der Waals surface area contributed by atoms with Gasteiger partial charge in [-0.2, -0.15) is 9.90 Å². The van der Waals surface area contributed by atoms with Crippen molar-refractivity contribution in [2.45, 2.75) is 25.4 Å². The van der Waals surface area contributed by atoms with E-state index < -0.39 is 0 Å². The second-order valence-corrected chi connectivity index (χ2v) is 6.15. The predicted molar refractivity (Wildman–Crippen MR) is 90.7 cm³/mol. The van der Waals surface area contributed by atoms with Crippen molar-refractivity contribution in [1.29, 1.82) is 0 Å². The number of carbonyl (C=O) groups excluding carboxylic acids is 1. The van der Waals surface area contributed by atoms with Gasteiger partial charge >= 0.3 is 0 Å². The van der Waals surface area contributed by atoms with Crippen molar-refractivity contribution in [3.63, 3.8) is 0 Å². The van der Waals surface area contributed by atoms with Gasteiger partial charge in [-0.15, -0.1) is 5.10 Å². The van der Waals surface area contributed by atoms with Crippen LogP contribution in [0, 0.1) is 5.82 Å². The van der Waals surface area contributed by atoms with E-state index in [1.807, 2.05) is 30.3 Å². The van der Waals surface area contributed by atoms with Crippen LogP contribution in [0.5, 0.6) is 0 Å². The Labute approximate surface area is 144 Å². The monoisotopic (exact) mass is 336 g/mol. The van der Waals surface area contributed by atoms with Gasteiger partial charge in [-0.25, -0.2) is 4.39 Å². The number of hydrogen-bond acceptors (Lipinski definition) is 3. The maximum Gasteiger partial charge on any atom is 0.276 e. The van der Waals surface area contributed by atoms with Gasteiger partial charge < -0.3 is 4.90 Å². The molecule has 4 rings (SSSR count). The Kier molecular flexibility index (Phi) is 4.01. The molecule has 0 saturated heterocycles. The highest BCUT2D eigenvalue weighted by Crippen LogP contribution is 2.29. The van der Waals surface area contributed by atoms with E-state index in [9.17, 15) is 9.18 Å². The topological polar surface area (TPSA) is 51.0 Å². The summed E-state index contributed by atoms with van der Waals surface area (Å²) in [5.41, 5.74) is 2.02. The van der Waals surface area contributed by atoms with Gasteiger partial charge in [-0.1, -0.05) is 30.3 Å². The molecule has 0 aliphatic heterocycles. The smallest absolute Gasteiger partial charge is 0.276 e. The largest absolute Gasteiger partial charge is 0.330 e. The first-order chi connectivity index (χ1) is 12.2. The van der Waals surface area contributed by atoms with Crippen molar-refractivity contribution in [2.75, 3.05) is 0 Å². The van der Waals surface area contributed by atoms with Crippen LogP contribution < -0.4 is 0 Å². The van der Waals surface area contributed by atoms with E-state index in [-0.39, 0.29) is 17.8 Å². The third-order valence-corrected chi connectivity index (χ3v) is 4.21. The molecule has 6 heteroatoms. The van der Waals surface area contributed by atoms with Crippen LogP contribution >= 0.6 is 0 Å². The first kappa shape index (κ1) is 15.5. The highest BCUT2D eigenvalue weighted by Gasteiger charge is 2.34. The minimum absolute atomic E-state index is 0.144. The molecule has 1 aliphatic rings. The average molecular weight is 336 g/mol. The molecule has 1 saturated carbocycles. The van der Waals surface area contributed by atoms with Gasteiger partial charge in [0.2, 0.25) is 0 Å². The van der Waals surface area contributed by atoms with E-state index in [0.29, 0.717) is 12.2 Å². The fraction of sp³-hybridized carbons (Fsp3) is 0.211. The summed E-state index contributed by atoms with van der Waals surface area (Å²) in [6.45, 7) is 0.446. The third-order valence-electron chi connectivity index (χ3n) is 4.21. The number of aromatic nitrogens is 3. The zero-order chi connectivity index (χ0) is 17.2. The van der Waals surface area contributed by atoms with E-state index in [1.165, 1.54) is 23.1 Å². The van der Waals surface area contributed by atoms with Gasteiger partial charge in [-0.05, 0) is 42.7 Å². The zero-order valence-electron chi connectivity index (χ0n) is 13.5. The summed E-state index contributed by atoms with van der Waals surface area (Å²) in [6, 6.07) is 15.9. The van der Waals surface area contributed by atoms with Crippen LogP contribution in [-0.4, -0.2) is 31.8 Å². The molecule has 0 spiro atoms. The molecule has 1 amide bonds. The third kappa shape index (κ3) is 3.42. The van der Waals surface area contributed by atoms with E-state index in [1.54, 1.807) is 17.0 Å². The van der Waals surface area contributed by atoms with E-state index in [4.69, 9.17) is 0 Å². The van der Waals surface area contributed by atoms with Gasteiger partial charge in [0.05, 0.1) is 11.9 Å². The minimum atomic E-state index is -0.279. The number of amides is 1. The van der Waals surface area contributed by atoms with Gasteiger partial charge in [0.15, 0.2) is 5.69 Å². The lowest BCUT2D eigenvalue weighted by molar-refractivity contribution is 0.0723. The Morgan fingerprint density at radius 3 is 2.52 bits per heavy atom. The number of para-hydroxylation sites is 1. The lowest BCUT2D eigenvalue weighted by atomic mass is 10.2. The van der Waals surface area contributed by atoms with Crippen molar-refractivity contribution in [1.82, 2.24) is 19.9 Å². The molecule has 126 valence electrons. The fourth-order valence-electron chi connectivity index (χ4n) is 2.73. The van der Waals surface area contributed by atoms with Crippen molar-refractivity contribution in [2.24, 2.45) is 0 Å². The van der Waals surface area contributed by atoms with Crippen molar-refractivity contribution in [3.05, 3.63) is 77.9 Å². The molecule has 2 aromatic carbocycles. The van der Waals surface area contributed by atoms with Crippen LogP contribution in [0.3, 0.4) is 0 Å². The standard InChI is InChI=1S/C19H17FN4O/c20-15-8-6-14(7-9-15)13-23(16-10-11-16)19(25)18-12-21-24(22-18)17-4-2-1-3-5-17/h1-9,12,16H,10-11,13H2. The maximum atomic E-state index is 13.1. The van der Waals surface area contributed by atoms with Crippen molar-refractivity contribution in [3.8, 4) is 5.69 Å². The minimum Gasteiger partial charge on any atom is -0.330 e. The molecule has 1 aromatic heterocycles. The lowest BCUT2D eigenvalue weighted by Gasteiger charge is -2.21. The van der Waals surface area contributed by atoms with Gasteiger partial charge in [0.1, 0.15) is 5.82 Å². The molecule has 0 bridgehead atoms. The highest BCUT2D eigenvalue weighted by molar-refractivity contribution is 5.92. The molecular weight excluding hydrogens is 319 g/mol. The Morgan fingerprint density at radius 2 is 1.84 bits per heavy atom. The summed E-state index contributed by atoms with van der Waals surface area (Å²) < 4.78 is 13.1. The summed E-state index contributed by atoms with van der Waals surface area (Å²) in [6.07, 6.45) is 3.47. The zero-order valence-corrected chi connectivity index (χ0v) is 13.5. The molecule has 1 heterocycles. The summed E-state index contributed by atoms with van der Waals surface area (Å²) in [4.78, 5) is 16.1.